The summed E-state index contributed by atoms with van der Waals surface area (Å²) < 4.78 is 54.7. The highest BCUT2D eigenvalue weighted by molar-refractivity contribution is 7.91. The van der Waals surface area contributed by atoms with Crippen LogP contribution in [-0.4, -0.2) is 68.9 Å². The summed E-state index contributed by atoms with van der Waals surface area (Å²) in [4.78, 5) is 23.1. The van der Waals surface area contributed by atoms with Crippen LogP contribution < -0.4 is 5.73 Å². The van der Waals surface area contributed by atoms with E-state index in [4.69, 9.17) is 10.7 Å². The predicted molar refractivity (Wildman–Crippen MR) is 142 cm³/mol. The van der Waals surface area contributed by atoms with Crippen molar-refractivity contribution in [3.63, 3.8) is 0 Å². The predicted octanol–water partition coefficient (Wildman–Crippen LogP) is 2.95. The summed E-state index contributed by atoms with van der Waals surface area (Å²) in [5.41, 5.74) is 8.68. The average Bonchev–Trinajstić information content (AvgIpc) is 3.45. The number of carbonyl (C=O) groups excluding carboxylic acids is 1. The van der Waals surface area contributed by atoms with Gasteiger partial charge in [-0.2, -0.15) is 9.61 Å². The largest absolute Gasteiger partial charge is 0.387 e. The third kappa shape index (κ3) is 4.29. The summed E-state index contributed by atoms with van der Waals surface area (Å²) >= 11 is 0. The maximum atomic E-state index is 14.3. The topological polar surface area (TPSA) is 144 Å². The van der Waals surface area contributed by atoms with Gasteiger partial charge in [0.15, 0.2) is 15.5 Å². The number of hydrogen-bond acceptors (Lipinski definition) is 8. The van der Waals surface area contributed by atoms with Gasteiger partial charge in [-0.3, -0.25) is 9.78 Å². The number of aliphatic hydroxyl groups excluding tert-OH is 1. The van der Waals surface area contributed by atoms with Crippen molar-refractivity contribution >= 4 is 27.2 Å². The molecule has 2 saturated heterocycles. The number of anilines is 1. The molecule has 40 heavy (non-hydrogen) atoms. The molecule has 5 heterocycles. The third-order valence-electron chi connectivity index (χ3n) is 7.86. The molecule has 3 N–H and O–H groups in total. The Morgan fingerprint density at radius 2 is 1.82 bits per heavy atom. The summed E-state index contributed by atoms with van der Waals surface area (Å²) in [6.45, 7) is -0.566. The molecule has 2 fully saturated rings. The quantitative estimate of drug-likeness (QED) is 0.374. The number of rotatable bonds is 5. The number of nitrogen functional groups attached to an aromatic ring is 1. The molecule has 1 amide bonds. The number of aliphatic hydroxyl groups is 1. The van der Waals surface area contributed by atoms with Crippen LogP contribution in [-0.2, 0) is 14.6 Å². The third-order valence-corrected chi connectivity index (χ3v) is 9.02. The number of halogens is 2. The lowest BCUT2D eigenvalue weighted by atomic mass is 9.87. The Hall–Kier alpha value is -3.97. The normalized spacial score (nSPS) is 20.8. The van der Waals surface area contributed by atoms with Gasteiger partial charge in [0.05, 0.1) is 17.6 Å². The van der Waals surface area contributed by atoms with Gasteiger partial charge in [-0.1, -0.05) is 6.07 Å². The van der Waals surface area contributed by atoms with Crippen molar-refractivity contribution < 1.29 is 27.1 Å². The minimum absolute atomic E-state index is 0.0621. The zero-order valence-electron chi connectivity index (χ0n) is 21.5. The van der Waals surface area contributed by atoms with Crippen LogP contribution in [0.25, 0.3) is 28.0 Å². The molecule has 6 rings (SSSR count). The van der Waals surface area contributed by atoms with Crippen molar-refractivity contribution in [1.82, 2.24) is 24.5 Å². The summed E-state index contributed by atoms with van der Waals surface area (Å²) in [7, 11) is -3.80. The monoisotopic (exact) mass is 568 g/mol. The lowest BCUT2D eigenvalue weighted by molar-refractivity contribution is -0.138. The summed E-state index contributed by atoms with van der Waals surface area (Å²) in [6.07, 6.45) is 6.63. The van der Waals surface area contributed by atoms with E-state index in [9.17, 15) is 27.1 Å². The van der Waals surface area contributed by atoms with E-state index in [1.165, 1.54) is 23.0 Å². The van der Waals surface area contributed by atoms with Crippen molar-refractivity contribution in [3.8, 4) is 22.4 Å². The van der Waals surface area contributed by atoms with Crippen molar-refractivity contribution in [1.29, 1.82) is 0 Å². The van der Waals surface area contributed by atoms with Crippen molar-refractivity contribution in [3.05, 3.63) is 60.1 Å². The first-order valence-corrected chi connectivity index (χ1v) is 14.7. The fraction of sp³-hybridized carbons (Fsp3) is 0.333. The number of aromatic nitrogens is 4. The van der Waals surface area contributed by atoms with Crippen molar-refractivity contribution in [2.75, 3.05) is 18.6 Å². The molecule has 0 unspecified atom stereocenters. The highest BCUT2D eigenvalue weighted by Crippen LogP contribution is 2.45. The van der Waals surface area contributed by atoms with Crippen LogP contribution >= 0.6 is 0 Å². The highest BCUT2D eigenvalue weighted by atomic mass is 32.2. The Morgan fingerprint density at radius 3 is 2.42 bits per heavy atom. The fourth-order valence-electron chi connectivity index (χ4n) is 6.18. The second-order valence-corrected chi connectivity index (χ2v) is 12.3. The van der Waals surface area contributed by atoms with Gasteiger partial charge in [0.2, 0.25) is 5.91 Å². The molecule has 2 aliphatic heterocycles. The average molecular weight is 569 g/mol. The van der Waals surface area contributed by atoms with Gasteiger partial charge in [0.1, 0.15) is 29.0 Å². The minimum Gasteiger partial charge on any atom is -0.387 e. The number of amides is 1. The summed E-state index contributed by atoms with van der Waals surface area (Å²) in [5, 5.41) is 13.7. The van der Waals surface area contributed by atoms with Crippen LogP contribution in [0.5, 0.6) is 0 Å². The maximum Gasteiger partial charge on any atom is 0.248 e. The van der Waals surface area contributed by atoms with Gasteiger partial charge in [0.25, 0.3) is 0 Å². The molecule has 208 valence electrons. The Labute approximate surface area is 228 Å². The van der Waals surface area contributed by atoms with Gasteiger partial charge >= 0.3 is 0 Å². The molecule has 1 aromatic carbocycles. The van der Waals surface area contributed by atoms with E-state index < -0.39 is 28.1 Å². The van der Waals surface area contributed by atoms with E-state index in [-0.39, 0.29) is 40.2 Å². The number of hydrogen-bond donors (Lipinski definition) is 2. The number of pyridine rings is 1. The number of nitrogens with two attached hydrogens (primary N) is 1. The molecular weight excluding hydrogens is 542 g/mol. The Balaban J connectivity index is 1.43. The van der Waals surface area contributed by atoms with E-state index in [2.05, 4.69) is 10.1 Å². The molecule has 10 nitrogen and oxygen atoms in total. The fourth-order valence-corrected chi connectivity index (χ4v) is 7.24. The molecule has 0 radical (unpaired) electrons. The van der Waals surface area contributed by atoms with Gasteiger partial charge in [0, 0.05) is 53.2 Å². The zero-order valence-corrected chi connectivity index (χ0v) is 22.3. The second-order valence-electron chi connectivity index (χ2n) is 10.3. The summed E-state index contributed by atoms with van der Waals surface area (Å²) in [5.74, 6) is -2.08. The minimum atomic E-state index is -3.80. The lowest BCUT2D eigenvalue weighted by Gasteiger charge is -2.39. The summed E-state index contributed by atoms with van der Waals surface area (Å²) in [6, 6.07) is 6.31. The van der Waals surface area contributed by atoms with Crippen LogP contribution in [0.4, 0.5) is 14.6 Å². The van der Waals surface area contributed by atoms with Crippen LogP contribution in [0.2, 0.25) is 0 Å². The van der Waals surface area contributed by atoms with Gasteiger partial charge in [-0.25, -0.2) is 22.2 Å². The van der Waals surface area contributed by atoms with Gasteiger partial charge < -0.3 is 15.7 Å². The van der Waals surface area contributed by atoms with E-state index in [1.54, 1.807) is 17.0 Å². The molecule has 3 aromatic heterocycles. The molecular formula is C27H26F2N6O4S. The van der Waals surface area contributed by atoms with Gasteiger partial charge in [-0.05, 0) is 43.9 Å². The smallest absolute Gasteiger partial charge is 0.248 e. The SMILES string of the molecule is CS(=O)(=O)c1c([C@@H]2C[C@H]3CC[C@@H](C2)N3C(=O)CO)nc2c(-c3ccc(-c4ccc(F)cc4F)nc3)cnn2c1N. The van der Waals surface area contributed by atoms with Crippen LogP contribution in [0.3, 0.4) is 0 Å². The number of piperidine rings is 1. The van der Waals surface area contributed by atoms with Crippen LogP contribution in [0.1, 0.15) is 37.3 Å². The van der Waals surface area contributed by atoms with E-state index in [0.29, 0.717) is 41.0 Å². The van der Waals surface area contributed by atoms with Crippen molar-refractivity contribution in [2.24, 2.45) is 0 Å². The second kappa shape index (κ2) is 9.59. The molecule has 0 spiro atoms. The number of sulfone groups is 1. The van der Waals surface area contributed by atoms with E-state index in [1.807, 2.05) is 0 Å². The molecule has 2 bridgehead atoms. The zero-order chi connectivity index (χ0) is 28.3. The Bertz CT molecular complexity index is 1750. The number of fused-ring (bicyclic) bond motifs is 3. The van der Waals surface area contributed by atoms with Crippen LogP contribution in [0.15, 0.2) is 47.6 Å². The number of nitrogens with zero attached hydrogens (tertiary/aromatic N) is 5. The highest BCUT2D eigenvalue weighted by Gasteiger charge is 2.45. The maximum absolute atomic E-state index is 14.3. The number of carbonyl (C=O) groups is 1. The van der Waals surface area contributed by atoms with Crippen LogP contribution in [0, 0.1) is 11.6 Å². The van der Waals surface area contributed by atoms with Gasteiger partial charge in [-0.15, -0.1) is 0 Å². The molecule has 4 aromatic rings. The van der Waals surface area contributed by atoms with Crippen molar-refractivity contribution in [2.45, 2.75) is 48.6 Å². The molecule has 2 aliphatic rings. The first-order chi connectivity index (χ1) is 19.1. The molecule has 0 aliphatic carbocycles. The van der Waals surface area contributed by atoms with E-state index in [0.717, 1.165) is 31.2 Å². The first-order valence-electron chi connectivity index (χ1n) is 12.8. The lowest BCUT2D eigenvalue weighted by Crippen LogP contribution is -2.47. The number of benzene rings is 1. The Kier molecular flexibility index (Phi) is 6.30. The molecule has 0 saturated carbocycles. The standard InChI is InChI=1S/C27H26F2N6O4S/c1-40(38,39)25-24(15-8-17-4-5-18(9-15)34(17)23(37)13-36)33-27-20(12-32-35(27)26(25)30)14-2-7-22(31-11-14)19-6-3-16(28)10-21(19)29/h2-3,6-7,10-12,15,17-18,36H,4-5,8-9,13,30H2,1H3/t15-,17-,18+. The first kappa shape index (κ1) is 26.3. The Morgan fingerprint density at radius 1 is 1.10 bits per heavy atom. The molecule has 13 heteroatoms. The molecule has 3 atom stereocenters. The van der Waals surface area contributed by atoms with E-state index >= 15 is 0 Å².